The van der Waals surface area contributed by atoms with Crippen LogP contribution in [0.15, 0.2) is 18.2 Å². The monoisotopic (exact) mass is 471 g/mol. The SMILES string of the molecule is CC(C)(C)CCN1Cc2ccc(C(=O)NCCCC3CCNCC3)cc2CC(CC(=O)O)C1=O. The molecular formula is C27H41N3O4. The summed E-state index contributed by atoms with van der Waals surface area (Å²) in [4.78, 5) is 39.2. The van der Waals surface area contributed by atoms with Gasteiger partial charge in [-0.05, 0) is 86.2 Å². The molecule has 1 saturated heterocycles. The van der Waals surface area contributed by atoms with E-state index in [0.29, 0.717) is 31.6 Å². The average Bonchev–Trinajstić information content (AvgIpc) is 2.91. The molecule has 0 saturated carbocycles. The molecule has 2 aliphatic rings. The quantitative estimate of drug-likeness (QED) is 0.478. The van der Waals surface area contributed by atoms with Gasteiger partial charge in [-0.3, -0.25) is 14.4 Å². The van der Waals surface area contributed by atoms with Gasteiger partial charge in [0.05, 0.1) is 12.3 Å². The fourth-order valence-corrected chi connectivity index (χ4v) is 4.90. The van der Waals surface area contributed by atoms with Gasteiger partial charge in [-0.25, -0.2) is 0 Å². The highest BCUT2D eigenvalue weighted by atomic mass is 16.4. The molecule has 2 amide bonds. The van der Waals surface area contributed by atoms with Crippen LogP contribution in [0.1, 0.15) is 80.8 Å². The minimum Gasteiger partial charge on any atom is -0.481 e. The van der Waals surface area contributed by atoms with Crippen molar-refractivity contribution in [3.63, 3.8) is 0 Å². The third-order valence-corrected chi connectivity index (χ3v) is 7.04. The summed E-state index contributed by atoms with van der Waals surface area (Å²) >= 11 is 0. The molecule has 2 aliphatic heterocycles. The van der Waals surface area contributed by atoms with Gasteiger partial charge in [0.15, 0.2) is 0 Å². The predicted molar refractivity (Wildman–Crippen MR) is 133 cm³/mol. The van der Waals surface area contributed by atoms with E-state index in [1.54, 1.807) is 4.90 Å². The molecule has 1 aromatic carbocycles. The summed E-state index contributed by atoms with van der Waals surface area (Å²) in [5.74, 6) is -1.05. The van der Waals surface area contributed by atoms with Crippen LogP contribution in [0.5, 0.6) is 0 Å². The number of rotatable bonds is 9. The number of hydrogen-bond acceptors (Lipinski definition) is 4. The maximum absolute atomic E-state index is 13.2. The van der Waals surface area contributed by atoms with Crippen LogP contribution in [-0.2, 0) is 22.6 Å². The van der Waals surface area contributed by atoms with Crippen molar-refractivity contribution in [2.45, 2.75) is 72.3 Å². The molecule has 1 fully saturated rings. The smallest absolute Gasteiger partial charge is 0.304 e. The first kappa shape index (κ1) is 26.2. The van der Waals surface area contributed by atoms with Gasteiger partial charge < -0.3 is 20.6 Å². The molecule has 1 aromatic rings. The van der Waals surface area contributed by atoms with Crippen LogP contribution < -0.4 is 10.6 Å². The molecule has 7 nitrogen and oxygen atoms in total. The van der Waals surface area contributed by atoms with E-state index in [-0.39, 0.29) is 23.7 Å². The van der Waals surface area contributed by atoms with Crippen LogP contribution in [0.4, 0.5) is 0 Å². The second-order valence-corrected chi connectivity index (χ2v) is 11.1. The van der Waals surface area contributed by atoms with Crippen molar-refractivity contribution < 1.29 is 19.5 Å². The van der Waals surface area contributed by atoms with E-state index in [1.807, 2.05) is 18.2 Å². The lowest BCUT2D eigenvalue weighted by Crippen LogP contribution is -2.37. The van der Waals surface area contributed by atoms with Gasteiger partial charge in [0.1, 0.15) is 0 Å². The zero-order valence-corrected chi connectivity index (χ0v) is 21.0. The number of benzene rings is 1. The standard InChI is InChI=1S/C27H41N3O4/c1-27(2,3)10-14-30-18-21-7-6-20(15-22(21)16-23(26(30)34)17-24(31)32)25(33)29-11-4-5-19-8-12-28-13-9-19/h6-7,15,19,23,28H,4-5,8-14,16-18H2,1-3H3,(H,29,33)(H,31,32). The molecule has 34 heavy (non-hydrogen) atoms. The van der Waals surface area contributed by atoms with Crippen molar-refractivity contribution in [1.82, 2.24) is 15.5 Å². The van der Waals surface area contributed by atoms with Gasteiger partial charge in [0.25, 0.3) is 5.91 Å². The molecule has 1 atom stereocenters. The Morgan fingerprint density at radius 3 is 2.59 bits per heavy atom. The van der Waals surface area contributed by atoms with Gasteiger partial charge in [-0.2, -0.15) is 0 Å². The Labute approximate surface area is 203 Å². The van der Waals surface area contributed by atoms with Crippen molar-refractivity contribution in [2.24, 2.45) is 17.3 Å². The molecule has 188 valence electrons. The van der Waals surface area contributed by atoms with Crippen molar-refractivity contribution in [3.05, 3.63) is 34.9 Å². The normalized spacial score (nSPS) is 19.4. The molecule has 0 aromatic heterocycles. The highest BCUT2D eigenvalue weighted by Gasteiger charge is 2.32. The summed E-state index contributed by atoms with van der Waals surface area (Å²) < 4.78 is 0. The minimum absolute atomic E-state index is 0.0769. The first-order valence-corrected chi connectivity index (χ1v) is 12.7. The summed E-state index contributed by atoms with van der Waals surface area (Å²) in [6.45, 7) is 10.3. The maximum atomic E-state index is 13.2. The van der Waals surface area contributed by atoms with Crippen LogP contribution in [0.3, 0.4) is 0 Å². The summed E-state index contributed by atoms with van der Waals surface area (Å²) in [5, 5.41) is 15.8. The Balaban J connectivity index is 1.65. The van der Waals surface area contributed by atoms with Crippen molar-refractivity contribution in [1.29, 1.82) is 0 Å². The molecule has 3 rings (SSSR count). The fraction of sp³-hybridized carbons (Fsp3) is 0.667. The number of carboxylic acids is 1. The molecule has 2 heterocycles. The lowest BCUT2D eigenvalue weighted by molar-refractivity contribution is -0.144. The predicted octanol–water partition coefficient (Wildman–Crippen LogP) is 3.61. The maximum Gasteiger partial charge on any atom is 0.304 e. The summed E-state index contributed by atoms with van der Waals surface area (Å²) in [6.07, 6.45) is 5.52. The Bertz CT molecular complexity index is 871. The van der Waals surface area contributed by atoms with Crippen LogP contribution in [0, 0.1) is 17.3 Å². The Morgan fingerprint density at radius 1 is 1.18 bits per heavy atom. The molecule has 3 N–H and O–H groups in total. The number of carboxylic acid groups (broad SMARTS) is 1. The third-order valence-electron chi connectivity index (χ3n) is 7.04. The number of nitrogens with zero attached hydrogens (tertiary/aromatic N) is 1. The van der Waals surface area contributed by atoms with E-state index in [1.165, 1.54) is 12.8 Å². The average molecular weight is 472 g/mol. The summed E-state index contributed by atoms with van der Waals surface area (Å²) in [6, 6.07) is 5.61. The lowest BCUT2D eigenvalue weighted by Gasteiger charge is -2.28. The number of hydrogen-bond donors (Lipinski definition) is 3. The molecule has 7 heteroatoms. The van der Waals surface area contributed by atoms with Gasteiger partial charge in [0.2, 0.25) is 5.91 Å². The Hall–Kier alpha value is -2.41. The van der Waals surface area contributed by atoms with E-state index in [0.717, 1.165) is 49.4 Å². The van der Waals surface area contributed by atoms with Gasteiger partial charge in [0, 0.05) is 25.2 Å². The molecule has 0 radical (unpaired) electrons. The summed E-state index contributed by atoms with van der Waals surface area (Å²) in [5.41, 5.74) is 2.55. The van der Waals surface area contributed by atoms with Gasteiger partial charge in [-0.1, -0.05) is 26.8 Å². The van der Waals surface area contributed by atoms with Crippen LogP contribution in [-0.4, -0.2) is 54.0 Å². The van der Waals surface area contributed by atoms with E-state index < -0.39 is 11.9 Å². The first-order valence-electron chi connectivity index (χ1n) is 12.7. The van der Waals surface area contributed by atoms with E-state index in [2.05, 4.69) is 31.4 Å². The second-order valence-electron chi connectivity index (χ2n) is 11.1. The lowest BCUT2D eigenvalue weighted by atomic mass is 9.91. The van der Waals surface area contributed by atoms with E-state index in [4.69, 9.17) is 0 Å². The van der Waals surface area contributed by atoms with E-state index in [9.17, 15) is 19.5 Å². The Kier molecular flexibility index (Phi) is 9.11. The van der Waals surface area contributed by atoms with Gasteiger partial charge >= 0.3 is 5.97 Å². The highest BCUT2D eigenvalue weighted by Crippen LogP contribution is 2.28. The zero-order valence-electron chi connectivity index (χ0n) is 21.0. The van der Waals surface area contributed by atoms with Crippen molar-refractivity contribution >= 4 is 17.8 Å². The van der Waals surface area contributed by atoms with Crippen LogP contribution >= 0.6 is 0 Å². The number of carbonyl (C=O) groups excluding carboxylic acids is 2. The zero-order chi connectivity index (χ0) is 24.7. The summed E-state index contributed by atoms with van der Waals surface area (Å²) in [7, 11) is 0. The van der Waals surface area contributed by atoms with Crippen molar-refractivity contribution in [2.75, 3.05) is 26.2 Å². The number of piperidine rings is 1. The number of carbonyl (C=O) groups is 3. The second kappa shape index (κ2) is 11.8. The van der Waals surface area contributed by atoms with Crippen LogP contribution in [0.25, 0.3) is 0 Å². The molecule has 0 bridgehead atoms. The fourth-order valence-electron chi connectivity index (χ4n) is 4.90. The number of nitrogens with one attached hydrogen (secondary N) is 2. The number of aliphatic carboxylic acids is 1. The van der Waals surface area contributed by atoms with Crippen molar-refractivity contribution in [3.8, 4) is 0 Å². The molecule has 0 aliphatic carbocycles. The highest BCUT2D eigenvalue weighted by molar-refractivity contribution is 5.94. The van der Waals surface area contributed by atoms with E-state index >= 15 is 0 Å². The first-order chi connectivity index (χ1) is 16.1. The minimum atomic E-state index is -0.972. The molecule has 1 unspecified atom stereocenters. The number of amides is 2. The molecular weight excluding hydrogens is 430 g/mol. The topological polar surface area (TPSA) is 98.7 Å². The number of fused-ring (bicyclic) bond motifs is 1. The largest absolute Gasteiger partial charge is 0.481 e. The third kappa shape index (κ3) is 7.83. The van der Waals surface area contributed by atoms with Crippen LogP contribution in [0.2, 0.25) is 0 Å². The molecule has 0 spiro atoms. The van der Waals surface area contributed by atoms with Gasteiger partial charge in [-0.15, -0.1) is 0 Å². The Morgan fingerprint density at radius 2 is 1.91 bits per heavy atom.